The minimum absolute atomic E-state index is 0.0304. The van der Waals surface area contributed by atoms with Crippen LogP contribution in [0.2, 0.25) is 0 Å². The van der Waals surface area contributed by atoms with Gasteiger partial charge in [-0.05, 0) is 83.5 Å². The molecule has 5 N–H and O–H groups in total. The molecule has 5 atom stereocenters. The van der Waals surface area contributed by atoms with Crippen LogP contribution in [0.3, 0.4) is 0 Å². The number of hydrogen-bond donors (Lipinski definition) is 5. The summed E-state index contributed by atoms with van der Waals surface area (Å²) < 4.78 is 0. The predicted octanol–water partition coefficient (Wildman–Crippen LogP) is 5.13. The van der Waals surface area contributed by atoms with Crippen LogP contribution in [0.1, 0.15) is 159 Å². The van der Waals surface area contributed by atoms with E-state index in [2.05, 4.69) is 68.1 Å². The zero-order valence-electron chi connectivity index (χ0n) is 34.6. The van der Waals surface area contributed by atoms with Crippen molar-refractivity contribution in [2.24, 2.45) is 23.2 Å². The fraction of sp³-hybridized carbons (Fsp3) is 0.854. The summed E-state index contributed by atoms with van der Waals surface area (Å²) in [4.78, 5) is 81.7. The summed E-state index contributed by atoms with van der Waals surface area (Å²) in [6, 6.07) is -1.54. The van der Waals surface area contributed by atoms with Crippen LogP contribution >= 0.6 is 0 Å². The fourth-order valence-electron chi connectivity index (χ4n) is 8.27. The molecule has 5 unspecified atom stereocenters. The normalized spacial score (nSPS) is 23.1. The van der Waals surface area contributed by atoms with Crippen molar-refractivity contribution in [3.63, 3.8) is 0 Å². The largest absolute Gasteiger partial charge is 0.352 e. The molecule has 0 bridgehead atoms. The van der Waals surface area contributed by atoms with Gasteiger partial charge in [0, 0.05) is 18.0 Å². The number of amides is 6. The first-order valence-electron chi connectivity index (χ1n) is 20.7. The molecule has 2 fully saturated rings. The molecule has 0 aromatic rings. The summed E-state index contributed by atoms with van der Waals surface area (Å²) in [5, 5.41) is 13.7. The van der Waals surface area contributed by atoms with Crippen molar-refractivity contribution in [3.05, 3.63) is 0 Å². The van der Waals surface area contributed by atoms with Crippen LogP contribution in [0, 0.1) is 23.2 Å². The van der Waals surface area contributed by atoms with Crippen molar-refractivity contribution in [1.29, 1.82) is 0 Å². The highest BCUT2D eigenvalue weighted by atomic mass is 16.2. The average Bonchev–Trinajstić information content (AvgIpc) is 3.52. The number of hydrogen-bond acceptors (Lipinski definition) is 6. The third kappa shape index (κ3) is 15.2. The van der Waals surface area contributed by atoms with Gasteiger partial charge in [0.05, 0.1) is 13.1 Å². The molecule has 0 spiro atoms. The zero-order valence-corrected chi connectivity index (χ0v) is 34.6. The number of nitrogens with zero attached hydrogens (tertiary/aromatic N) is 1. The van der Waals surface area contributed by atoms with E-state index in [1.54, 1.807) is 4.90 Å². The van der Waals surface area contributed by atoms with Crippen LogP contribution in [0.4, 0.5) is 0 Å². The molecular formula is C41H74N6O6. The van der Waals surface area contributed by atoms with Crippen LogP contribution in [0.15, 0.2) is 0 Å². The Morgan fingerprint density at radius 2 is 1.40 bits per heavy atom. The van der Waals surface area contributed by atoms with E-state index < -0.39 is 47.3 Å². The lowest BCUT2D eigenvalue weighted by Gasteiger charge is -2.38. The molecule has 1 saturated heterocycles. The Morgan fingerprint density at radius 1 is 0.792 bits per heavy atom. The van der Waals surface area contributed by atoms with Gasteiger partial charge in [-0.15, -0.1) is 0 Å². The Kier molecular flexibility index (Phi) is 19.3. The second-order valence-corrected chi connectivity index (χ2v) is 17.3. The van der Waals surface area contributed by atoms with E-state index in [0.29, 0.717) is 37.1 Å². The molecule has 12 heteroatoms. The highest BCUT2D eigenvalue weighted by Gasteiger charge is 2.47. The molecule has 304 valence electrons. The van der Waals surface area contributed by atoms with Crippen LogP contribution in [-0.4, -0.2) is 83.6 Å². The maximum absolute atomic E-state index is 14.3. The maximum Gasteiger partial charge on any atom is 0.245 e. The molecule has 0 radical (unpaired) electrons. The number of carbonyl (C=O) groups excluding carboxylic acids is 6. The van der Waals surface area contributed by atoms with Crippen LogP contribution in [0.25, 0.3) is 0 Å². The van der Waals surface area contributed by atoms with Gasteiger partial charge in [0.25, 0.3) is 0 Å². The Balaban J connectivity index is 2.05. The van der Waals surface area contributed by atoms with Gasteiger partial charge in [0.2, 0.25) is 35.4 Å². The smallest absolute Gasteiger partial charge is 0.245 e. The van der Waals surface area contributed by atoms with Crippen LogP contribution < -0.4 is 26.6 Å². The van der Waals surface area contributed by atoms with Gasteiger partial charge in [-0.25, -0.2) is 0 Å². The standard InChI is InChI=1S/C41H74N6O6/c1-10-12-13-14-15-16-18-32(36(50)42-27-35(49)46-40(8,9)38(52)43-26-34(48)44-31(7)23-28(3)4)45-37(51)33-19-17-22-47(33)39(53)41(11-2)24-29(5)20-21-30(6)25-41/h28-33H,10-27H2,1-9H3,(H,42,50)(H,43,52)(H,44,48)(H,45,51)(H,46,49). The van der Waals surface area contributed by atoms with Crippen molar-refractivity contribution in [2.75, 3.05) is 19.6 Å². The molecule has 2 aliphatic rings. The highest BCUT2D eigenvalue weighted by molar-refractivity contribution is 5.96. The average molecular weight is 747 g/mol. The van der Waals surface area contributed by atoms with Crippen molar-refractivity contribution in [3.8, 4) is 0 Å². The van der Waals surface area contributed by atoms with Gasteiger partial charge < -0.3 is 31.5 Å². The monoisotopic (exact) mass is 747 g/mol. The second-order valence-electron chi connectivity index (χ2n) is 17.3. The van der Waals surface area contributed by atoms with E-state index in [1.165, 1.54) is 13.8 Å². The van der Waals surface area contributed by atoms with E-state index in [-0.39, 0.29) is 30.3 Å². The zero-order chi connectivity index (χ0) is 39.8. The number of nitrogens with one attached hydrogen (secondary N) is 5. The van der Waals surface area contributed by atoms with Crippen molar-refractivity contribution >= 4 is 35.4 Å². The lowest BCUT2D eigenvalue weighted by molar-refractivity contribution is -0.149. The molecule has 53 heavy (non-hydrogen) atoms. The first-order chi connectivity index (χ1) is 24.9. The summed E-state index contributed by atoms with van der Waals surface area (Å²) in [5.41, 5.74) is -1.83. The first kappa shape index (κ1) is 46.0. The SMILES string of the molecule is CCCCCCCCC(NC(=O)C1CCCN1C(=O)C1(CC)CC(C)CCC(C)C1)C(=O)NCC(=O)NC(C)(C)C(=O)NCC(=O)NC(C)CC(C)C. The highest BCUT2D eigenvalue weighted by Crippen LogP contribution is 2.45. The minimum Gasteiger partial charge on any atom is -0.352 e. The van der Waals surface area contributed by atoms with E-state index in [4.69, 9.17) is 0 Å². The maximum atomic E-state index is 14.3. The molecule has 1 saturated carbocycles. The Hall–Kier alpha value is -3.18. The van der Waals surface area contributed by atoms with Gasteiger partial charge in [0.15, 0.2) is 0 Å². The topological polar surface area (TPSA) is 166 Å². The summed E-state index contributed by atoms with van der Waals surface area (Å²) in [7, 11) is 0. The van der Waals surface area contributed by atoms with Crippen LogP contribution in [0.5, 0.6) is 0 Å². The van der Waals surface area contributed by atoms with Gasteiger partial charge in [-0.1, -0.05) is 92.9 Å². The molecule has 0 aromatic carbocycles. The summed E-state index contributed by atoms with van der Waals surface area (Å²) in [6.45, 7) is 17.7. The van der Waals surface area contributed by atoms with Crippen molar-refractivity contribution < 1.29 is 28.8 Å². The molecule has 6 amide bonds. The minimum atomic E-state index is -1.35. The molecule has 1 aliphatic heterocycles. The van der Waals surface area contributed by atoms with Crippen molar-refractivity contribution in [1.82, 2.24) is 31.5 Å². The fourth-order valence-corrected chi connectivity index (χ4v) is 8.27. The van der Waals surface area contributed by atoms with E-state index in [0.717, 1.165) is 83.5 Å². The van der Waals surface area contributed by atoms with E-state index in [1.807, 2.05) is 6.92 Å². The predicted molar refractivity (Wildman–Crippen MR) is 209 cm³/mol. The molecule has 12 nitrogen and oxygen atoms in total. The Morgan fingerprint density at radius 3 is 2.00 bits per heavy atom. The first-order valence-corrected chi connectivity index (χ1v) is 20.7. The number of carbonyl (C=O) groups is 6. The Labute approximate surface area is 320 Å². The van der Waals surface area contributed by atoms with Crippen molar-refractivity contribution in [2.45, 2.75) is 182 Å². The van der Waals surface area contributed by atoms with Crippen LogP contribution in [-0.2, 0) is 28.8 Å². The number of unbranched alkanes of at least 4 members (excludes halogenated alkanes) is 5. The Bertz CT molecular complexity index is 1210. The second kappa shape index (κ2) is 22.3. The molecule has 0 aromatic heterocycles. The summed E-state index contributed by atoms with van der Waals surface area (Å²) in [6.07, 6.45) is 13.2. The number of rotatable bonds is 21. The molecule has 1 heterocycles. The van der Waals surface area contributed by atoms with E-state index >= 15 is 0 Å². The summed E-state index contributed by atoms with van der Waals surface area (Å²) >= 11 is 0. The molecule has 2 rings (SSSR count). The van der Waals surface area contributed by atoms with Gasteiger partial charge in [-0.2, -0.15) is 0 Å². The molecular weight excluding hydrogens is 672 g/mol. The van der Waals surface area contributed by atoms with Gasteiger partial charge >= 0.3 is 0 Å². The quantitative estimate of drug-likeness (QED) is 0.0807. The number of likely N-dealkylation sites (tertiary alicyclic amines) is 1. The third-order valence-electron chi connectivity index (χ3n) is 11.1. The van der Waals surface area contributed by atoms with Gasteiger partial charge in [0.1, 0.15) is 17.6 Å². The molecule has 1 aliphatic carbocycles. The van der Waals surface area contributed by atoms with E-state index in [9.17, 15) is 28.8 Å². The van der Waals surface area contributed by atoms with Gasteiger partial charge in [-0.3, -0.25) is 28.8 Å². The summed E-state index contributed by atoms with van der Waals surface area (Å²) in [5.74, 6) is -0.873. The lowest BCUT2D eigenvalue weighted by atomic mass is 9.72. The lowest BCUT2D eigenvalue weighted by Crippen LogP contribution is -2.58. The third-order valence-corrected chi connectivity index (χ3v) is 11.1.